The number of hydrogen-bond acceptors (Lipinski definition) is 4. The molecule has 1 unspecified atom stereocenters. The Morgan fingerprint density at radius 3 is 2.35 bits per heavy atom. The Balaban J connectivity index is 2.39. The topological polar surface area (TPSA) is 83.5 Å². The molecule has 1 amide bonds. The highest BCUT2D eigenvalue weighted by Gasteiger charge is 2.11. The summed E-state index contributed by atoms with van der Waals surface area (Å²) < 4.78 is 0. The Morgan fingerprint density at radius 1 is 1.25 bits per heavy atom. The fourth-order valence-electron chi connectivity index (χ4n) is 1.39. The lowest BCUT2D eigenvalue weighted by Gasteiger charge is -2.07. The maximum Gasteiger partial charge on any atom is 0.307 e. The second-order valence-corrected chi connectivity index (χ2v) is 5.47. The van der Waals surface area contributed by atoms with Crippen molar-refractivity contribution in [1.82, 2.24) is 0 Å². The summed E-state index contributed by atoms with van der Waals surface area (Å²) in [6.07, 6.45) is 0. The quantitative estimate of drug-likeness (QED) is 0.754. The van der Waals surface area contributed by atoms with Crippen LogP contribution in [0.4, 0.5) is 5.69 Å². The molecule has 0 aliphatic rings. The number of hydrogen-bond donors (Lipinski definition) is 2. The minimum Gasteiger partial charge on any atom is -0.481 e. The lowest BCUT2D eigenvalue weighted by atomic mass is 10.1. The normalized spacial score (nSPS) is 11.7. The van der Waals surface area contributed by atoms with Gasteiger partial charge in [0.25, 0.3) is 0 Å². The van der Waals surface area contributed by atoms with Crippen molar-refractivity contribution in [2.45, 2.75) is 13.8 Å². The number of thioether (sulfide) groups is 1. The molecular weight excluding hydrogens is 278 g/mol. The van der Waals surface area contributed by atoms with E-state index in [1.807, 2.05) is 0 Å². The molecule has 1 rings (SSSR count). The zero-order valence-electron chi connectivity index (χ0n) is 11.4. The SMILES string of the molecule is CC(=O)c1ccc(NC(=O)CSCC(C)C(=O)O)cc1. The molecule has 2 N–H and O–H groups in total. The van der Waals surface area contributed by atoms with Crippen molar-refractivity contribution >= 4 is 35.1 Å². The van der Waals surface area contributed by atoms with Gasteiger partial charge in [0.1, 0.15) is 0 Å². The molecule has 108 valence electrons. The van der Waals surface area contributed by atoms with Gasteiger partial charge in [0.2, 0.25) is 5.91 Å². The molecule has 0 saturated carbocycles. The van der Waals surface area contributed by atoms with Crippen LogP contribution in [0.15, 0.2) is 24.3 Å². The van der Waals surface area contributed by atoms with Crippen LogP contribution in [-0.2, 0) is 9.59 Å². The number of carboxylic acid groups (broad SMARTS) is 1. The van der Waals surface area contributed by atoms with Crippen molar-refractivity contribution in [3.63, 3.8) is 0 Å². The Bertz CT molecular complexity index is 498. The highest BCUT2D eigenvalue weighted by molar-refractivity contribution is 8.00. The van der Waals surface area contributed by atoms with Crippen LogP contribution in [0.5, 0.6) is 0 Å². The third-order valence-electron chi connectivity index (χ3n) is 2.60. The number of anilines is 1. The number of carboxylic acids is 1. The number of aliphatic carboxylic acids is 1. The van der Waals surface area contributed by atoms with Gasteiger partial charge in [-0.25, -0.2) is 0 Å². The van der Waals surface area contributed by atoms with E-state index in [0.29, 0.717) is 17.0 Å². The minimum absolute atomic E-state index is 0.0268. The third-order valence-corrected chi connectivity index (χ3v) is 3.80. The Labute approximate surface area is 121 Å². The van der Waals surface area contributed by atoms with Crippen LogP contribution in [0.2, 0.25) is 0 Å². The third kappa shape index (κ3) is 5.44. The molecule has 20 heavy (non-hydrogen) atoms. The second kappa shape index (κ2) is 7.69. The predicted molar refractivity (Wildman–Crippen MR) is 79.2 cm³/mol. The zero-order chi connectivity index (χ0) is 15.1. The van der Waals surface area contributed by atoms with Crippen LogP contribution in [0.1, 0.15) is 24.2 Å². The number of Topliss-reactive ketones (excluding diaryl/α,β-unsaturated/α-hetero) is 1. The van der Waals surface area contributed by atoms with Crippen LogP contribution in [0, 0.1) is 5.92 Å². The summed E-state index contributed by atoms with van der Waals surface area (Å²) in [6.45, 7) is 3.08. The molecule has 0 bridgehead atoms. The molecular formula is C14H17NO4S. The number of ketones is 1. The van der Waals surface area contributed by atoms with Crippen LogP contribution >= 0.6 is 11.8 Å². The van der Waals surface area contributed by atoms with Crippen molar-refractivity contribution < 1.29 is 19.5 Å². The molecule has 5 nitrogen and oxygen atoms in total. The van der Waals surface area contributed by atoms with E-state index in [1.165, 1.54) is 18.7 Å². The number of carbonyl (C=O) groups is 3. The molecule has 0 aromatic heterocycles. The molecule has 0 aliphatic carbocycles. The van der Waals surface area contributed by atoms with Crippen molar-refractivity contribution in [1.29, 1.82) is 0 Å². The lowest BCUT2D eigenvalue weighted by molar-refractivity contribution is -0.140. The van der Waals surface area contributed by atoms with Gasteiger partial charge in [-0.1, -0.05) is 6.92 Å². The van der Waals surface area contributed by atoms with Gasteiger partial charge in [-0.2, -0.15) is 11.8 Å². The van der Waals surface area contributed by atoms with E-state index >= 15 is 0 Å². The smallest absolute Gasteiger partial charge is 0.307 e. The summed E-state index contributed by atoms with van der Waals surface area (Å²) in [5, 5.41) is 11.4. The van der Waals surface area contributed by atoms with Crippen molar-refractivity contribution in [3.05, 3.63) is 29.8 Å². The van der Waals surface area contributed by atoms with Crippen molar-refractivity contribution in [2.24, 2.45) is 5.92 Å². The van der Waals surface area contributed by atoms with Gasteiger partial charge in [-0.15, -0.1) is 0 Å². The first kappa shape index (κ1) is 16.2. The number of benzene rings is 1. The largest absolute Gasteiger partial charge is 0.481 e. The summed E-state index contributed by atoms with van der Waals surface area (Å²) in [5.41, 5.74) is 1.21. The lowest BCUT2D eigenvalue weighted by Crippen LogP contribution is -2.17. The van der Waals surface area contributed by atoms with Crippen molar-refractivity contribution in [3.8, 4) is 0 Å². The van der Waals surface area contributed by atoms with E-state index in [1.54, 1.807) is 31.2 Å². The van der Waals surface area contributed by atoms with Crippen LogP contribution in [0.3, 0.4) is 0 Å². The summed E-state index contributed by atoms with van der Waals surface area (Å²) >= 11 is 1.28. The highest BCUT2D eigenvalue weighted by Crippen LogP contribution is 2.12. The summed E-state index contributed by atoms with van der Waals surface area (Å²) in [4.78, 5) is 33.3. The van der Waals surface area contributed by atoms with E-state index in [2.05, 4.69) is 5.32 Å². The average Bonchev–Trinajstić information content (AvgIpc) is 2.39. The molecule has 0 aliphatic heterocycles. The Morgan fingerprint density at radius 2 is 1.85 bits per heavy atom. The number of amides is 1. The standard InChI is InChI=1S/C14H17NO4S/c1-9(14(18)19)7-20-8-13(17)15-12-5-3-11(4-6-12)10(2)16/h3-6,9H,7-8H2,1-2H3,(H,15,17)(H,18,19). The van der Waals surface area contributed by atoms with Crippen molar-refractivity contribution in [2.75, 3.05) is 16.8 Å². The molecule has 0 radical (unpaired) electrons. The summed E-state index contributed by atoms with van der Waals surface area (Å²) in [5.74, 6) is -0.956. The van der Waals surface area contributed by atoms with Gasteiger partial charge in [0.15, 0.2) is 5.78 Å². The van der Waals surface area contributed by atoms with Gasteiger partial charge in [-0.05, 0) is 31.2 Å². The molecule has 0 saturated heterocycles. The molecule has 1 atom stereocenters. The second-order valence-electron chi connectivity index (χ2n) is 4.44. The van der Waals surface area contributed by atoms with Gasteiger partial charge in [-0.3, -0.25) is 14.4 Å². The molecule has 1 aromatic rings. The molecule has 1 aromatic carbocycles. The fraction of sp³-hybridized carbons (Fsp3) is 0.357. The Hall–Kier alpha value is -1.82. The van der Waals surface area contributed by atoms with E-state index in [9.17, 15) is 14.4 Å². The number of rotatable bonds is 7. The van der Waals surface area contributed by atoms with Gasteiger partial charge >= 0.3 is 5.97 Å². The molecule has 0 spiro atoms. The van der Waals surface area contributed by atoms with Gasteiger partial charge < -0.3 is 10.4 Å². The predicted octanol–water partition coefficient (Wildman–Crippen LogP) is 2.28. The number of carbonyl (C=O) groups excluding carboxylic acids is 2. The van der Waals surface area contributed by atoms with E-state index < -0.39 is 11.9 Å². The van der Waals surface area contributed by atoms with Crippen LogP contribution in [-0.4, -0.2) is 34.3 Å². The Kier molecular flexibility index (Phi) is 6.24. The first-order chi connectivity index (χ1) is 9.40. The van der Waals surface area contributed by atoms with Gasteiger partial charge in [0, 0.05) is 17.0 Å². The average molecular weight is 295 g/mol. The summed E-state index contributed by atoms with van der Waals surface area (Å²) in [6, 6.07) is 6.63. The van der Waals surface area contributed by atoms with Crippen LogP contribution < -0.4 is 5.32 Å². The first-order valence-corrected chi connectivity index (χ1v) is 7.27. The zero-order valence-corrected chi connectivity index (χ0v) is 12.2. The maximum absolute atomic E-state index is 11.6. The highest BCUT2D eigenvalue weighted by atomic mass is 32.2. The molecule has 0 fully saturated rings. The van der Waals surface area contributed by atoms with Crippen LogP contribution in [0.25, 0.3) is 0 Å². The summed E-state index contributed by atoms with van der Waals surface area (Å²) in [7, 11) is 0. The maximum atomic E-state index is 11.6. The fourth-order valence-corrected chi connectivity index (χ4v) is 2.26. The van der Waals surface area contributed by atoms with E-state index in [0.717, 1.165) is 0 Å². The minimum atomic E-state index is -0.863. The monoisotopic (exact) mass is 295 g/mol. The van der Waals surface area contributed by atoms with Gasteiger partial charge in [0.05, 0.1) is 11.7 Å². The molecule has 0 heterocycles. The van der Waals surface area contributed by atoms with E-state index in [4.69, 9.17) is 5.11 Å². The number of nitrogens with one attached hydrogen (secondary N) is 1. The first-order valence-electron chi connectivity index (χ1n) is 6.11. The molecule has 6 heteroatoms. The van der Waals surface area contributed by atoms with E-state index in [-0.39, 0.29) is 17.4 Å².